The first-order valence-electron chi connectivity index (χ1n) is 8.22. The van der Waals surface area contributed by atoms with Gasteiger partial charge in [-0.1, -0.05) is 11.2 Å². The number of aromatic nitrogens is 5. The summed E-state index contributed by atoms with van der Waals surface area (Å²) in [6.45, 7) is -0.187. The lowest BCUT2D eigenvalue weighted by Crippen LogP contribution is -2.16. The molecule has 0 fully saturated rings. The number of methoxy groups -OCH3 is 1. The molecule has 0 saturated carbocycles. The first kappa shape index (κ1) is 20.4. The molecule has 0 aliphatic rings. The maximum absolute atomic E-state index is 12.4. The van der Waals surface area contributed by atoms with Gasteiger partial charge in [-0.05, 0) is 28.1 Å². The fourth-order valence-electron chi connectivity index (χ4n) is 2.48. The Bertz CT molecular complexity index is 1340. The number of nitrogens with zero attached hydrogens (tertiary/aromatic N) is 5. The fraction of sp³-hybridized carbons (Fsp3) is 0.188. The van der Waals surface area contributed by atoms with Crippen LogP contribution < -0.4 is 10.5 Å². The van der Waals surface area contributed by atoms with Gasteiger partial charge in [-0.15, -0.1) is 16.4 Å². The molecule has 0 unspecified atom stereocenters. The molecule has 11 nitrogen and oxygen atoms in total. The van der Waals surface area contributed by atoms with Gasteiger partial charge in [0.05, 0.1) is 11.6 Å². The van der Waals surface area contributed by atoms with Gasteiger partial charge < -0.3 is 13.7 Å². The zero-order valence-electron chi connectivity index (χ0n) is 15.2. The standard InChI is InChI=1S/C16H12BrN5O6S2/c1-26-13-9(17)7-29-14(13)15-20-22(16(23)27-15)6-11-19-10(21-28-11)8-30(24,25)12-4-2-3-5-18-12/h2-5,7H,6,8H2,1H3. The van der Waals surface area contributed by atoms with Crippen molar-refractivity contribution in [1.82, 2.24) is 24.9 Å². The summed E-state index contributed by atoms with van der Waals surface area (Å²) in [5.41, 5.74) is 0. The summed E-state index contributed by atoms with van der Waals surface area (Å²) < 4.78 is 41.9. The fourth-order valence-corrected chi connectivity index (χ4v) is 5.17. The van der Waals surface area contributed by atoms with Crippen molar-refractivity contribution in [2.45, 2.75) is 17.3 Å². The Balaban J connectivity index is 1.53. The molecular formula is C16H12BrN5O6S2. The van der Waals surface area contributed by atoms with Gasteiger partial charge in [0.15, 0.2) is 16.6 Å². The zero-order chi connectivity index (χ0) is 21.3. The SMILES string of the molecule is COc1c(Br)csc1-c1nn(Cc2nc(CS(=O)(=O)c3ccccn3)no2)c(=O)o1. The molecule has 4 aromatic rings. The Morgan fingerprint density at radius 1 is 1.33 bits per heavy atom. The minimum absolute atomic E-state index is 0.00231. The molecule has 0 bridgehead atoms. The Morgan fingerprint density at radius 3 is 2.90 bits per heavy atom. The van der Waals surface area contributed by atoms with Crippen LogP contribution in [0.5, 0.6) is 5.75 Å². The van der Waals surface area contributed by atoms with Crippen molar-refractivity contribution in [3.05, 3.63) is 56.5 Å². The van der Waals surface area contributed by atoms with Crippen LogP contribution in [0.2, 0.25) is 0 Å². The number of hydrogen-bond acceptors (Lipinski definition) is 11. The maximum atomic E-state index is 12.4. The minimum atomic E-state index is -3.73. The summed E-state index contributed by atoms with van der Waals surface area (Å²) in [5, 5.41) is 9.46. The molecule has 0 aliphatic carbocycles. The zero-order valence-corrected chi connectivity index (χ0v) is 18.4. The molecule has 0 aromatic carbocycles. The van der Waals surface area contributed by atoms with Crippen LogP contribution in [0, 0.1) is 0 Å². The van der Waals surface area contributed by atoms with Crippen molar-refractivity contribution in [3.63, 3.8) is 0 Å². The Kier molecular flexibility index (Phi) is 5.53. The van der Waals surface area contributed by atoms with Crippen LogP contribution in [0.25, 0.3) is 10.8 Å². The second-order valence-electron chi connectivity index (χ2n) is 5.81. The van der Waals surface area contributed by atoms with Gasteiger partial charge in [0.1, 0.15) is 17.2 Å². The Labute approximate surface area is 181 Å². The lowest BCUT2D eigenvalue weighted by molar-refractivity contribution is 0.356. The van der Waals surface area contributed by atoms with E-state index in [1.807, 2.05) is 0 Å². The monoisotopic (exact) mass is 513 g/mol. The predicted octanol–water partition coefficient (Wildman–Crippen LogP) is 2.14. The summed E-state index contributed by atoms with van der Waals surface area (Å²) in [7, 11) is -2.24. The van der Waals surface area contributed by atoms with E-state index in [1.165, 1.54) is 30.7 Å². The quantitative estimate of drug-likeness (QED) is 0.360. The summed E-state index contributed by atoms with van der Waals surface area (Å²) in [4.78, 5) is 20.5. The van der Waals surface area contributed by atoms with Gasteiger partial charge in [-0.2, -0.15) is 9.67 Å². The van der Waals surface area contributed by atoms with Gasteiger partial charge in [0.25, 0.3) is 5.89 Å². The average Bonchev–Trinajstić information content (AvgIpc) is 3.42. The summed E-state index contributed by atoms with van der Waals surface area (Å²) in [5.74, 6) is -0.721. The van der Waals surface area contributed by atoms with Crippen LogP contribution in [0.15, 0.2) is 53.0 Å². The van der Waals surface area contributed by atoms with Gasteiger partial charge >= 0.3 is 5.76 Å². The van der Waals surface area contributed by atoms with E-state index in [9.17, 15) is 13.2 Å². The van der Waals surface area contributed by atoms with Gasteiger partial charge in [0.2, 0.25) is 15.7 Å². The third kappa shape index (κ3) is 4.06. The number of ether oxygens (including phenoxy) is 1. The van der Waals surface area contributed by atoms with Crippen LogP contribution in [0.3, 0.4) is 0 Å². The van der Waals surface area contributed by atoms with Crippen LogP contribution >= 0.6 is 27.3 Å². The largest absolute Gasteiger partial charge is 0.494 e. The lowest BCUT2D eigenvalue weighted by atomic mass is 10.4. The summed E-state index contributed by atoms with van der Waals surface area (Å²) >= 11 is 4.63. The summed E-state index contributed by atoms with van der Waals surface area (Å²) in [6, 6.07) is 4.56. The van der Waals surface area contributed by atoms with E-state index in [0.29, 0.717) is 15.1 Å². The molecule has 0 atom stereocenters. The molecule has 4 aromatic heterocycles. The van der Waals surface area contributed by atoms with Crippen LogP contribution in [0.4, 0.5) is 0 Å². The van der Waals surface area contributed by atoms with Crippen LogP contribution in [-0.4, -0.2) is 40.4 Å². The molecule has 0 saturated heterocycles. The average molecular weight is 514 g/mol. The van der Waals surface area contributed by atoms with Crippen LogP contribution in [0.1, 0.15) is 11.7 Å². The number of thiophene rings is 1. The third-order valence-electron chi connectivity index (χ3n) is 3.78. The lowest BCUT2D eigenvalue weighted by Gasteiger charge is -1.99. The van der Waals surface area contributed by atoms with Crippen molar-refractivity contribution >= 4 is 37.1 Å². The number of rotatable bonds is 7. The molecule has 30 heavy (non-hydrogen) atoms. The number of hydrogen-bond donors (Lipinski definition) is 0. The molecule has 0 N–H and O–H groups in total. The third-order valence-corrected chi connectivity index (χ3v) is 7.14. The first-order valence-corrected chi connectivity index (χ1v) is 11.5. The highest BCUT2D eigenvalue weighted by Crippen LogP contribution is 2.40. The molecule has 156 valence electrons. The topological polar surface area (TPSA) is 143 Å². The first-order chi connectivity index (χ1) is 14.4. The van der Waals surface area contributed by atoms with Gasteiger partial charge in [-0.3, -0.25) is 0 Å². The van der Waals surface area contributed by atoms with E-state index in [2.05, 4.69) is 36.2 Å². The van der Waals surface area contributed by atoms with E-state index in [0.717, 1.165) is 4.68 Å². The van der Waals surface area contributed by atoms with Crippen molar-refractivity contribution in [3.8, 4) is 16.5 Å². The van der Waals surface area contributed by atoms with E-state index in [1.54, 1.807) is 17.5 Å². The molecule has 0 spiro atoms. The molecule has 4 heterocycles. The molecule has 4 rings (SSSR count). The molecule has 0 radical (unpaired) electrons. The smallest absolute Gasteiger partial charge is 0.437 e. The van der Waals surface area contributed by atoms with Crippen molar-refractivity contribution < 1.29 is 22.1 Å². The van der Waals surface area contributed by atoms with Crippen LogP contribution in [-0.2, 0) is 22.1 Å². The van der Waals surface area contributed by atoms with Gasteiger partial charge in [0, 0.05) is 11.6 Å². The van der Waals surface area contributed by atoms with Crippen molar-refractivity contribution in [1.29, 1.82) is 0 Å². The number of halogens is 1. The Morgan fingerprint density at radius 2 is 2.17 bits per heavy atom. The normalized spacial score (nSPS) is 11.7. The van der Waals surface area contributed by atoms with E-state index >= 15 is 0 Å². The van der Waals surface area contributed by atoms with E-state index < -0.39 is 21.3 Å². The predicted molar refractivity (Wildman–Crippen MR) is 107 cm³/mol. The highest BCUT2D eigenvalue weighted by molar-refractivity contribution is 9.10. The van der Waals surface area contributed by atoms with E-state index in [4.69, 9.17) is 13.7 Å². The minimum Gasteiger partial charge on any atom is -0.494 e. The van der Waals surface area contributed by atoms with Gasteiger partial charge in [-0.25, -0.2) is 18.2 Å². The maximum Gasteiger partial charge on any atom is 0.437 e. The van der Waals surface area contributed by atoms with E-state index in [-0.39, 0.29) is 29.2 Å². The van der Waals surface area contributed by atoms with Crippen molar-refractivity contribution in [2.24, 2.45) is 0 Å². The second kappa shape index (κ2) is 8.12. The molecule has 14 heteroatoms. The molecular weight excluding hydrogens is 502 g/mol. The second-order valence-corrected chi connectivity index (χ2v) is 9.48. The van der Waals surface area contributed by atoms with Crippen molar-refractivity contribution in [2.75, 3.05) is 7.11 Å². The summed E-state index contributed by atoms with van der Waals surface area (Å²) in [6.07, 6.45) is 1.38. The number of pyridine rings is 1. The molecule has 0 amide bonds. The Hall–Kier alpha value is -2.84. The highest BCUT2D eigenvalue weighted by atomic mass is 79.9. The highest BCUT2D eigenvalue weighted by Gasteiger charge is 2.22. The number of sulfone groups is 1. The molecule has 0 aliphatic heterocycles.